The van der Waals surface area contributed by atoms with Gasteiger partial charge in [0, 0.05) is 53.6 Å². The lowest BCUT2D eigenvalue weighted by Crippen LogP contribution is -2.17. The highest BCUT2D eigenvalue weighted by atomic mass is 32.2. The van der Waals surface area contributed by atoms with E-state index in [0.29, 0.717) is 0 Å². The molecule has 0 amide bonds. The molecular formula is C23H22N4S. The maximum atomic E-state index is 4.25. The Hall–Kier alpha value is -2.92. The van der Waals surface area contributed by atoms with Gasteiger partial charge < -0.3 is 4.90 Å². The molecule has 0 bridgehead atoms. The highest BCUT2D eigenvalue weighted by molar-refractivity contribution is 7.98. The third-order valence-corrected chi connectivity index (χ3v) is 5.50. The van der Waals surface area contributed by atoms with Crippen LogP contribution in [0.3, 0.4) is 0 Å². The van der Waals surface area contributed by atoms with Crippen LogP contribution in [0.2, 0.25) is 0 Å². The molecule has 0 aliphatic carbocycles. The van der Waals surface area contributed by atoms with Crippen LogP contribution in [0, 0.1) is 0 Å². The molecular weight excluding hydrogens is 364 g/mol. The molecule has 0 radical (unpaired) electrons. The number of hydrogen-bond acceptors (Lipinski definition) is 5. The summed E-state index contributed by atoms with van der Waals surface area (Å²) in [7, 11) is 0. The summed E-state index contributed by atoms with van der Waals surface area (Å²) in [6.45, 7) is 2.37. The van der Waals surface area contributed by atoms with E-state index in [9.17, 15) is 0 Å². The number of aromatic nitrogens is 2. The molecule has 0 atom stereocenters. The average Bonchev–Trinajstić information content (AvgIpc) is 3.20. The second-order valence-corrected chi connectivity index (χ2v) is 7.41. The van der Waals surface area contributed by atoms with Gasteiger partial charge in [0.15, 0.2) is 0 Å². The fourth-order valence-corrected chi connectivity index (χ4v) is 3.88. The second kappa shape index (κ2) is 9.33. The Morgan fingerprint density at radius 2 is 1.71 bits per heavy atom. The zero-order valence-electron chi connectivity index (χ0n) is 15.6. The van der Waals surface area contributed by atoms with Gasteiger partial charge in [0.05, 0.1) is 5.69 Å². The quantitative estimate of drug-likeness (QED) is 0.543. The number of allylic oxidation sites excluding steroid dienone is 1. The Balaban J connectivity index is 0.000000151. The van der Waals surface area contributed by atoms with Crippen LogP contribution < -0.4 is 4.90 Å². The van der Waals surface area contributed by atoms with Crippen molar-refractivity contribution >= 4 is 29.9 Å². The summed E-state index contributed by atoms with van der Waals surface area (Å²) in [5.41, 5.74) is 4.69. The van der Waals surface area contributed by atoms with E-state index in [0.717, 1.165) is 11.3 Å². The third kappa shape index (κ3) is 4.67. The van der Waals surface area contributed by atoms with Crippen LogP contribution in [-0.4, -0.2) is 29.3 Å². The van der Waals surface area contributed by atoms with Gasteiger partial charge in [-0.15, -0.1) is 0 Å². The van der Waals surface area contributed by atoms with Crippen LogP contribution in [-0.2, 0) is 0 Å². The van der Waals surface area contributed by atoms with Crippen molar-refractivity contribution in [2.45, 2.75) is 17.7 Å². The lowest BCUT2D eigenvalue weighted by atomic mass is 10.1. The van der Waals surface area contributed by atoms with Crippen molar-refractivity contribution in [3.8, 4) is 11.3 Å². The third-order valence-electron chi connectivity index (χ3n) is 4.71. The summed E-state index contributed by atoms with van der Waals surface area (Å²) in [4.78, 5) is 11.8. The topological polar surface area (TPSA) is 41.4 Å². The zero-order chi connectivity index (χ0) is 19.0. The van der Waals surface area contributed by atoms with Gasteiger partial charge in [-0.2, -0.15) is 0 Å². The minimum atomic E-state index is 0.980. The molecule has 3 heterocycles. The maximum absolute atomic E-state index is 4.25. The predicted molar refractivity (Wildman–Crippen MR) is 119 cm³/mol. The fraction of sp³-hybridized carbons (Fsp3) is 0.174. The Morgan fingerprint density at radius 1 is 0.893 bits per heavy atom. The van der Waals surface area contributed by atoms with Gasteiger partial charge in [-0.1, -0.05) is 36.4 Å². The molecule has 1 aromatic heterocycles. The van der Waals surface area contributed by atoms with Crippen molar-refractivity contribution in [3.05, 3.63) is 78.8 Å². The van der Waals surface area contributed by atoms with Crippen molar-refractivity contribution in [2.75, 3.05) is 18.0 Å². The number of rotatable bonds is 2. The largest absolute Gasteiger partial charge is 0.372 e. The van der Waals surface area contributed by atoms with Crippen molar-refractivity contribution in [1.29, 1.82) is 0 Å². The SMILES string of the molecule is C1=Cc2ccccc2SN=C1.c1cc(-c2ccc(N3CCCC3)cc2)ncn1. The first-order valence-corrected chi connectivity index (χ1v) is 10.2. The fourth-order valence-electron chi connectivity index (χ4n) is 3.25. The summed E-state index contributed by atoms with van der Waals surface area (Å²) >= 11 is 1.52. The minimum Gasteiger partial charge on any atom is -0.372 e. The number of fused-ring (bicyclic) bond motifs is 1. The highest BCUT2D eigenvalue weighted by Gasteiger charge is 2.11. The van der Waals surface area contributed by atoms with Gasteiger partial charge >= 0.3 is 0 Å². The van der Waals surface area contributed by atoms with Crippen molar-refractivity contribution in [1.82, 2.24) is 9.97 Å². The summed E-state index contributed by atoms with van der Waals surface area (Å²) in [6.07, 6.45) is 11.8. The van der Waals surface area contributed by atoms with E-state index in [1.165, 1.54) is 54.0 Å². The van der Waals surface area contributed by atoms with E-state index in [1.54, 1.807) is 12.5 Å². The van der Waals surface area contributed by atoms with Gasteiger partial charge in [-0.3, -0.25) is 0 Å². The van der Waals surface area contributed by atoms with Crippen LogP contribution in [0.4, 0.5) is 5.69 Å². The van der Waals surface area contributed by atoms with E-state index >= 15 is 0 Å². The molecule has 28 heavy (non-hydrogen) atoms. The Labute approximate surface area is 170 Å². The van der Waals surface area contributed by atoms with Gasteiger partial charge in [-0.25, -0.2) is 14.4 Å². The van der Waals surface area contributed by atoms with Crippen LogP contribution in [0.25, 0.3) is 17.3 Å². The molecule has 2 aromatic carbocycles. The van der Waals surface area contributed by atoms with Crippen molar-refractivity contribution in [2.24, 2.45) is 4.40 Å². The second-order valence-electron chi connectivity index (χ2n) is 6.58. The summed E-state index contributed by atoms with van der Waals surface area (Å²) in [5, 5.41) is 0. The summed E-state index contributed by atoms with van der Waals surface area (Å²) in [6, 6.07) is 18.8. The Bertz CT molecular complexity index is 946. The molecule has 0 spiro atoms. The van der Waals surface area contributed by atoms with Gasteiger partial charge in [0.1, 0.15) is 6.33 Å². The molecule has 0 N–H and O–H groups in total. The highest BCUT2D eigenvalue weighted by Crippen LogP contribution is 2.26. The summed E-state index contributed by atoms with van der Waals surface area (Å²) < 4.78 is 4.12. The van der Waals surface area contributed by atoms with Crippen LogP contribution in [0.15, 0.2) is 82.5 Å². The van der Waals surface area contributed by atoms with E-state index in [-0.39, 0.29) is 0 Å². The Kier molecular flexibility index (Phi) is 6.15. The molecule has 5 heteroatoms. The number of hydrogen-bond donors (Lipinski definition) is 0. The zero-order valence-corrected chi connectivity index (χ0v) is 16.4. The van der Waals surface area contributed by atoms with Crippen LogP contribution >= 0.6 is 11.9 Å². The molecule has 5 rings (SSSR count). The molecule has 2 aliphatic rings. The first kappa shape index (κ1) is 18.4. The minimum absolute atomic E-state index is 0.980. The standard InChI is InChI=1S/C14H15N3.C9H7NS/c1-2-10-17(9-1)13-5-3-12(4-6-13)14-7-8-15-11-16-14;1-2-6-9-8(4-1)5-3-7-10-11-9/h3-8,11H,1-2,9-10H2;1-7H. The lowest BCUT2D eigenvalue weighted by Gasteiger charge is -2.17. The van der Waals surface area contributed by atoms with Crippen LogP contribution in [0.1, 0.15) is 18.4 Å². The van der Waals surface area contributed by atoms with E-state index < -0.39 is 0 Å². The van der Waals surface area contributed by atoms with Gasteiger partial charge in [0.25, 0.3) is 0 Å². The monoisotopic (exact) mass is 386 g/mol. The smallest absolute Gasteiger partial charge is 0.116 e. The first-order chi connectivity index (χ1) is 13.9. The molecule has 2 aliphatic heterocycles. The molecule has 0 saturated carbocycles. The molecule has 1 saturated heterocycles. The van der Waals surface area contributed by atoms with Crippen molar-refractivity contribution in [3.63, 3.8) is 0 Å². The molecule has 3 aromatic rings. The lowest BCUT2D eigenvalue weighted by molar-refractivity contribution is 0.949. The maximum Gasteiger partial charge on any atom is 0.116 e. The van der Waals surface area contributed by atoms with Crippen molar-refractivity contribution < 1.29 is 0 Å². The summed E-state index contributed by atoms with van der Waals surface area (Å²) in [5.74, 6) is 0. The molecule has 140 valence electrons. The van der Waals surface area contributed by atoms with E-state index in [4.69, 9.17) is 0 Å². The first-order valence-electron chi connectivity index (χ1n) is 9.48. The Morgan fingerprint density at radius 3 is 2.50 bits per heavy atom. The van der Waals surface area contributed by atoms with Gasteiger partial charge in [0.2, 0.25) is 0 Å². The number of nitrogens with zero attached hydrogens (tertiary/aromatic N) is 4. The average molecular weight is 387 g/mol. The number of anilines is 1. The van der Waals surface area contributed by atoms with E-state index in [1.807, 2.05) is 30.5 Å². The van der Waals surface area contributed by atoms with Gasteiger partial charge in [-0.05, 0) is 48.7 Å². The van der Waals surface area contributed by atoms with Crippen LogP contribution in [0.5, 0.6) is 0 Å². The molecule has 0 unspecified atom stereocenters. The molecule has 4 nitrogen and oxygen atoms in total. The normalized spacial score (nSPS) is 14.8. The molecule has 1 fully saturated rings. The van der Waals surface area contributed by atoms with E-state index in [2.05, 4.69) is 61.7 Å². The number of benzene rings is 2. The predicted octanol–water partition coefficient (Wildman–Crippen LogP) is 5.54.